The zero-order chi connectivity index (χ0) is 13.1. The van der Waals surface area contributed by atoms with Crippen molar-refractivity contribution in [3.63, 3.8) is 0 Å². The fourth-order valence-corrected chi connectivity index (χ4v) is 2.93. The normalized spacial score (nSPS) is 11.1. The molecule has 18 heavy (non-hydrogen) atoms. The molecule has 0 atom stereocenters. The van der Waals surface area contributed by atoms with Crippen molar-refractivity contribution in [1.29, 1.82) is 0 Å². The molecule has 2 rings (SSSR count). The van der Waals surface area contributed by atoms with Crippen LogP contribution in [0.4, 0.5) is 0 Å². The molecule has 0 saturated heterocycles. The van der Waals surface area contributed by atoms with Gasteiger partial charge in [-0.25, -0.2) is 0 Å². The van der Waals surface area contributed by atoms with Gasteiger partial charge in [-0.15, -0.1) is 10.2 Å². The molecule has 0 amide bonds. The Morgan fingerprint density at radius 3 is 2.56 bits per heavy atom. The highest BCUT2D eigenvalue weighted by Gasteiger charge is 2.17. The summed E-state index contributed by atoms with van der Waals surface area (Å²) in [6.45, 7) is 10.1. The molecular weight excluding hydrogens is 246 g/mol. The molecule has 0 saturated carbocycles. The quantitative estimate of drug-likeness (QED) is 0.845. The minimum Gasteiger partial charge on any atom is -0.466 e. The molecule has 0 bridgehead atoms. The van der Waals surface area contributed by atoms with Crippen LogP contribution in [0.3, 0.4) is 0 Å². The van der Waals surface area contributed by atoms with Gasteiger partial charge in [0.25, 0.3) is 0 Å². The summed E-state index contributed by atoms with van der Waals surface area (Å²) in [5, 5.41) is 13.9. The van der Waals surface area contributed by atoms with Gasteiger partial charge in [-0.1, -0.05) is 18.3 Å². The molecule has 0 spiro atoms. The van der Waals surface area contributed by atoms with E-state index in [0.29, 0.717) is 0 Å². The maximum atomic E-state index is 5.63. The van der Waals surface area contributed by atoms with Gasteiger partial charge in [-0.3, -0.25) is 0 Å². The number of nitrogens with zero attached hydrogens (tertiary/aromatic N) is 2. The Hall–Kier alpha value is -1.20. The third-order valence-corrected chi connectivity index (χ3v) is 4.01. The van der Waals surface area contributed by atoms with E-state index in [4.69, 9.17) is 4.42 Å². The van der Waals surface area contributed by atoms with Crippen molar-refractivity contribution in [2.24, 2.45) is 0 Å². The number of hydrogen-bond donors (Lipinski definition) is 1. The van der Waals surface area contributed by atoms with Gasteiger partial charge in [0.1, 0.15) is 16.5 Å². The maximum absolute atomic E-state index is 5.63. The highest BCUT2D eigenvalue weighted by molar-refractivity contribution is 7.14. The van der Waals surface area contributed by atoms with Crippen LogP contribution in [-0.4, -0.2) is 23.3 Å². The Bertz CT molecular complexity index is 530. The second-order valence-electron chi connectivity index (χ2n) is 4.32. The van der Waals surface area contributed by atoms with Crippen LogP contribution in [0, 0.1) is 20.8 Å². The fourth-order valence-electron chi connectivity index (χ4n) is 1.94. The molecule has 0 aliphatic heterocycles. The van der Waals surface area contributed by atoms with Crippen molar-refractivity contribution in [3.05, 3.63) is 22.1 Å². The van der Waals surface area contributed by atoms with Crippen LogP contribution >= 0.6 is 11.3 Å². The lowest BCUT2D eigenvalue weighted by Gasteiger charge is -1.96. The van der Waals surface area contributed by atoms with Crippen LogP contribution in [0.2, 0.25) is 0 Å². The standard InChI is InChI=1S/C13H19N3OS/c1-5-14-7-6-11-15-16-13(18-11)12-8(2)9(3)17-10(12)4/h14H,5-7H2,1-4H3. The molecular formula is C13H19N3OS. The van der Waals surface area contributed by atoms with Crippen molar-refractivity contribution >= 4 is 11.3 Å². The number of likely N-dealkylation sites (N-methyl/N-ethyl adjacent to an activating group) is 1. The van der Waals surface area contributed by atoms with Gasteiger partial charge in [0.15, 0.2) is 5.01 Å². The number of furan rings is 1. The predicted octanol–water partition coefficient (Wildman–Crippen LogP) is 2.88. The first-order valence-electron chi connectivity index (χ1n) is 6.23. The lowest BCUT2D eigenvalue weighted by molar-refractivity contribution is 0.503. The van der Waals surface area contributed by atoms with E-state index in [9.17, 15) is 0 Å². The lowest BCUT2D eigenvalue weighted by Crippen LogP contribution is -2.15. The van der Waals surface area contributed by atoms with Crippen molar-refractivity contribution in [3.8, 4) is 10.6 Å². The van der Waals surface area contributed by atoms with Crippen LogP contribution in [0.15, 0.2) is 4.42 Å². The van der Waals surface area contributed by atoms with E-state index in [1.54, 1.807) is 11.3 Å². The van der Waals surface area contributed by atoms with Crippen molar-refractivity contribution in [2.45, 2.75) is 34.1 Å². The largest absolute Gasteiger partial charge is 0.466 e. The molecule has 0 aliphatic carbocycles. The van der Waals surface area contributed by atoms with Crippen LogP contribution in [0.5, 0.6) is 0 Å². The smallest absolute Gasteiger partial charge is 0.151 e. The third kappa shape index (κ3) is 2.62. The van der Waals surface area contributed by atoms with Gasteiger partial charge < -0.3 is 9.73 Å². The topological polar surface area (TPSA) is 51.0 Å². The van der Waals surface area contributed by atoms with Gasteiger partial charge >= 0.3 is 0 Å². The summed E-state index contributed by atoms with van der Waals surface area (Å²) in [4.78, 5) is 0. The highest BCUT2D eigenvalue weighted by Crippen LogP contribution is 2.33. The van der Waals surface area contributed by atoms with Crippen molar-refractivity contribution < 1.29 is 4.42 Å². The van der Waals surface area contributed by atoms with Crippen molar-refractivity contribution in [1.82, 2.24) is 15.5 Å². The molecule has 1 N–H and O–H groups in total. The lowest BCUT2D eigenvalue weighted by atomic mass is 10.1. The Kier molecular flexibility index (Phi) is 4.14. The maximum Gasteiger partial charge on any atom is 0.151 e. The zero-order valence-electron chi connectivity index (χ0n) is 11.3. The minimum atomic E-state index is 0.930. The first-order valence-corrected chi connectivity index (χ1v) is 7.05. The van der Waals surface area contributed by atoms with Crippen LogP contribution < -0.4 is 5.32 Å². The van der Waals surface area contributed by atoms with E-state index in [1.807, 2.05) is 13.8 Å². The third-order valence-electron chi connectivity index (χ3n) is 3.01. The number of nitrogens with one attached hydrogen (secondary N) is 1. The summed E-state index contributed by atoms with van der Waals surface area (Å²) in [5.74, 6) is 1.89. The summed E-state index contributed by atoms with van der Waals surface area (Å²) in [5.41, 5.74) is 2.28. The van der Waals surface area contributed by atoms with Crippen LogP contribution in [0.25, 0.3) is 10.6 Å². The van der Waals surface area contributed by atoms with E-state index >= 15 is 0 Å². The zero-order valence-corrected chi connectivity index (χ0v) is 12.1. The summed E-state index contributed by atoms with van der Waals surface area (Å²) < 4.78 is 5.63. The number of aromatic nitrogens is 2. The molecule has 4 nitrogen and oxygen atoms in total. The highest BCUT2D eigenvalue weighted by atomic mass is 32.1. The van der Waals surface area contributed by atoms with Crippen LogP contribution in [0.1, 0.15) is 29.0 Å². The Balaban J connectivity index is 2.19. The van der Waals surface area contributed by atoms with E-state index in [0.717, 1.165) is 46.6 Å². The molecule has 5 heteroatoms. The van der Waals surface area contributed by atoms with E-state index in [1.165, 1.54) is 5.56 Å². The predicted molar refractivity (Wildman–Crippen MR) is 74.1 cm³/mol. The fraction of sp³-hybridized carbons (Fsp3) is 0.538. The van der Waals surface area contributed by atoms with E-state index < -0.39 is 0 Å². The minimum absolute atomic E-state index is 0.930. The van der Waals surface area contributed by atoms with Crippen molar-refractivity contribution in [2.75, 3.05) is 13.1 Å². The summed E-state index contributed by atoms with van der Waals surface area (Å²) in [6, 6.07) is 0. The van der Waals surface area contributed by atoms with Gasteiger partial charge in [-0.05, 0) is 27.3 Å². The molecule has 2 aromatic rings. The summed E-state index contributed by atoms with van der Waals surface area (Å²) in [7, 11) is 0. The van der Waals surface area contributed by atoms with Crippen LogP contribution in [-0.2, 0) is 6.42 Å². The Morgan fingerprint density at radius 2 is 1.94 bits per heavy atom. The molecule has 98 valence electrons. The Labute approximate surface area is 111 Å². The molecule has 2 aromatic heterocycles. The first-order chi connectivity index (χ1) is 8.63. The summed E-state index contributed by atoms with van der Waals surface area (Å²) >= 11 is 1.66. The van der Waals surface area contributed by atoms with Gasteiger partial charge in [0.05, 0.1) is 5.56 Å². The summed E-state index contributed by atoms with van der Waals surface area (Å²) in [6.07, 6.45) is 0.931. The molecule has 0 aromatic carbocycles. The van der Waals surface area contributed by atoms with Gasteiger partial charge in [0, 0.05) is 18.5 Å². The molecule has 2 heterocycles. The second kappa shape index (κ2) is 5.63. The molecule has 0 fully saturated rings. The van der Waals surface area contributed by atoms with Gasteiger partial charge in [0.2, 0.25) is 0 Å². The molecule has 0 unspecified atom stereocenters. The second-order valence-corrected chi connectivity index (χ2v) is 5.38. The van der Waals surface area contributed by atoms with Gasteiger partial charge in [-0.2, -0.15) is 0 Å². The van der Waals surface area contributed by atoms with E-state index in [2.05, 4.69) is 29.4 Å². The first kappa shape index (κ1) is 13.2. The average Bonchev–Trinajstić information content (AvgIpc) is 2.86. The number of hydrogen-bond acceptors (Lipinski definition) is 5. The number of aryl methyl sites for hydroxylation is 2. The van der Waals surface area contributed by atoms with E-state index in [-0.39, 0.29) is 0 Å². The number of rotatable bonds is 5. The average molecular weight is 265 g/mol. The Morgan fingerprint density at radius 1 is 1.17 bits per heavy atom. The SMILES string of the molecule is CCNCCc1nnc(-c2c(C)oc(C)c2C)s1. The monoisotopic (exact) mass is 265 g/mol. The molecule has 0 aliphatic rings. The molecule has 0 radical (unpaired) electrons.